The van der Waals surface area contributed by atoms with Crippen LogP contribution < -0.4 is 30.3 Å². The number of allylic oxidation sites excluding steroid dienone is 2. The Morgan fingerprint density at radius 2 is 1.81 bits per heavy atom. The highest BCUT2D eigenvalue weighted by molar-refractivity contribution is 6.09. The largest absolute Gasteiger partial charge is 0.492 e. The molecule has 4 N–H and O–H groups in total. The number of carboxylic acids is 1. The quantitative estimate of drug-likeness (QED) is 0.249. The van der Waals surface area contributed by atoms with Crippen LogP contribution in [0, 0.1) is 0 Å². The van der Waals surface area contributed by atoms with Gasteiger partial charge in [0.15, 0.2) is 11.5 Å². The average molecular weight is 646 g/mol. The molecule has 250 valence electrons. The Kier molecular flexibility index (Phi) is 10.1. The van der Waals surface area contributed by atoms with Crippen molar-refractivity contribution in [3.63, 3.8) is 0 Å². The minimum Gasteiger partial charge on any atom is -0.492 e. The van der Waals surface area contributed by atoms with Gasteiger partial charge in [0, 0.05) is 12.0 Å². The number of carboxylic acid groups (broad SMARTS) is 1. The fourth-order valence-corrected chi connectivity index (χ4v) is 7.00. The number of guanidine groups is 1. The number of carbonyl (C=O) groups is 2. The van der Waals surface area contributed by atoms with Crippen LogP contribution in [-0.4, -0.2) is 67.8 Å². The Bertz CT molecular complexity index is 1570. The number of carbonyl (C=O) groups excluding carboxylic acids is 1. The highest BCUT2D eigenvalue weighted by Crippen LogP contribution is 2.50. The number of rotatable bonds is 11. The van der Waals surface area contributed by atoms with Crippen LogP contribution in [0.5, 0.6) is 17.2 Å². The van der Waals surface area contributed by atoms with E-state index in [1.54, 1.807) is 14.2 Å². The van der Waals surface area contributed by atoms with Gasteiger partial charge in [-0.25, -0.2) is 20.0 Å². The molecule has 1 aliphatic heterocycles. The molecule has 0 radical (unpaired) electrons. The molecule has 0 bridgehead atoms. The van der Waals surface area contributed by atoms with Crippen LogP contribution >= 0.6 is 0 Å². The Morgan fingerprint density at radius 1 is 1.02 bits per heavy atom. The molecule has 4 aliphatic rings. The third-order valence-electron chi connectivity index (χ3n) is 9.30. The summed E-state index contributed by atoms with van der Waals surface area (Å²) in [6, 6.07) is 10.7. The van der Waals surface area contributed by atoms with E-state index in [0.717, 1.165) is 66.9 Å². The molecule has 2 aromatic carbocycles. The number of aliphatic imine (C=N–C) groups is 1. The Morgan fingerprint density at radius 3 is 2.57 bits per heavy atom. The molecule has 1 heterocycles. The molecule has 3 unspecified atom stereocenters. The average Bonchev–Trinajstić information content (AvgIpc) is 3.71. The van der Waals surface area contributed by atoms with Crippen molar-refractivity contribution in [3.05, 3.63) is 58.7 Å². The number of hydrazone groups is 1. The summed E-state index contributed by atoms with van der Waals surface area (Å²) in [5, 5.41) is 20.6. The van der Waals surface area contributed by atoms with Gasteiger partial charge in [0.1, 0.15) is 12.6 Å². The first kappa shape index (κ1) is 32.2. The van der Waals surface area contributed by atoms with Crippen molar-refractivity contribution in [2.75, 3.05) is 20.8 Å². The number of alkyl carbamates (subject to hydrolysis) is 1. The SMILES string of the molecule is COc1c(OCCC(NC(=O)OCc2ccccc2)C(=O)O)cc2c(c1OC)C1=C(CCC1)C(=NNC1=NC3CCCCC3N1)CC2. The maximum atomic E-state index is 12.3. The van der Waals surface area contributed by atoms with Crippen LogP contribution in [0.1, 0.15) is 74.5 Å². The van der Waals surface area contributed by atoms with Crippen molar-refractivity contribution in [3.8, 4) is 17.2 Å². The van der Waals surface area contributed by atoms with Crippen LogP contribution in [0.25, 0.3) is 5.57 Å². The van der Waals surface area contributed by atoms with Crippen molar-refractivity contribution in [1.29, 1.82) is 0 Å². The summed E-state index contributed by atoms with van der Waals surface area (Å²) in [4.78, 5) is 29.1. The van der Waals surface area contributed by atoms with Gasteiger partial charge in [-0.3, -0.25) is 0 Å². The second-order valence-electron chi connectivity index (χ2n) is 12.3. The van der Waals surface area contributed by atoms with Crippen molar-refractivity contribution in [1.82, 2.24) is 16.1 Å². The van der Waals surface area contributed by atoms with Crippen molar-refractivity contribution >= 4 is 29.3 Å². The van der Waals surface area contributed by atoms with Gasteiger partial charge in [0.05, 0.1) is 38.6 Å². The first-order valence-corrected chi connectivity index (χ1v) is 16.5. The molecule has 1 fully saturated rings. The van der Waals surface area contributed by atoms with E-state index in [1.165, 1.54) is 24.0 Å². The maximum absolute atomic E-state index is 12.3. The molecule has 0 saturated heterocycles. The molecule has 12 nitrogen and oxygen atoms in total. The number of hydrogen-bond acceptors (Lipinski definition) is 10. The number of aliphatic carboxylic acids is 1. The molecule has 3 aliphatic carbocycles. The lowest BCUT2D eigenvalue weighted by molar-refractivity contribution is -0.139. The van der Waals surface area contributed by atoms with Gasteiger partial charge in [-0.05, 0) is 73.3 Å². The standard InChI is InChI=1S/C35H43N5O7/c1-44-31-29(46-18-17-28(33(41)42)38-35(43)47-20-21-9-4-3-5-10-21)19-22-15-16-25(23-11-8-12-24(23)30(22)32(31)45-2)39-40-34-36-26-13-6-7-14-27(26)37-34/h3-5,9-10,19,26-28H,6-8,11-18,20H2,1-2H3,(H,38,43)(H,41,42)(H2,36,37,40). The first-order valence-electron chi connectivity index (χ1n) is 16.5. The van der Waals surface area contributed by atoms with Gasteiger partial charge in [0.25, 0.3) is 0 Å². The van der Waals surface area contributed by atoms with E-state index in [9.17, 15) is 14.7 Å². The molecule has 0 spiro atoms. The normalized spacial score (nSPS) is 21.3. The summed E-state index contributed by atoms with van der Waals surface area (Å²) in [6.45, 7) is 0.0464. The fraction of sp³-hybridized carbons (Fsp3) is 0.486. The van der Waals surface area contributed by atoms with Crippen LogP contribution in [0.2, 0.25) is 0 Å². The van der Waals surface area contributed by atoms with E-state index in [-0.39, 0.29) is 19.6 Å². The fourth-order valence-electron chi connectivity index (χ4n) is 7.00. The predicted molar refractivity (Wildman–Crippen MR) is 177 cm³/mol. The van der Waals surface area contributed by atoms with Crippen LogP contribution in [0.15, 0.2) is 52.1 Å². The summed E-state index contributed by atoms with van der Waals surface area (Å²) < 4.78 is 23.1. The number of aryl methyl sites for hydroxylation is 1. The number of benzene rings is 2. The first-order chi connectivity index (χ1) is 22.9. The van der Waals surface area contributed by atoms with Crippen LogP contribution in [0.3, 0.4) is 0 Å². The molecule has 2 aromatic rings. The van der Waals surface area contributed by atoms with E-state index in [0.29, 0.717) is 35.8 Å². The van der Waals surface area contributed by atoms with Gasteiger partial charge in [-0.1, -0.05) is 43.2 Å². The third kappa shape index (κ3) is 7.31. The third-order valence-corrected chi connectivity index (χ3v) is 9.30. The van der Waals surface area contributed by atoms with E-state index in [2.05, 4.69) is 16.1 Å². The molecular formula is C35H43N5O7. The number of nitrogens with one attached hydrogen (secondary N) is 3. The number of fused-ring (bicyclic) bond motifs is 3. The Balaban J connectivity index is 1.15. The second-order valence-corrected chi connectivity index (χ2v) is 12.3. The highest BCUT2D eigenvalue weighted by Gasteiger charge is 2.33. The van der Waals surface area contributed by atoms with E-state index in [4.69, 9.17) is 29.0 Å². The molecule has 0 aromatic heterocycles. The second kappa shape index (κ2) is 14.8. The van der Waals surface area contributed by atoms with Gasteiger partial charge < -0.3 is 34.7 Å². The zero-order valence-corrected chi connectivity index (χ0v) is 27.0. The van der Waals surface area contributed by atoms with E-state index >= 15 is 0 Å². The summed E-state index contributed by atoms with van der Waals surface area (Å²) >= 11 is 0. The summed E-state index contributed by atoms with van der Waals surface area (Å²) in [5.74, 6) is 1.05. The lowest BCUT2D eigenvalue weighted by atomic mass is 9.92. The van der Waals surface area contributed by atoms with Crippen molar-refractivity contribution in [2.24, 2.45) is 10.1 Å². The van der Waals surface area contributed by atoms with E-state index < -0.39 is 18.1 Å². The number of hydrogen-bond donors (Lipinski definition) is 4. The predicted octanol–water partition coefficient (Wildman–Crippen LogP) is 4.95. The number of methoxy groups -OCH3 is 2. The lowest BCUT2D eigenvalue weighted by Gasteiger charge is -2.22. The smallest absolute Gasteiger partial charge is 0.408 e. The molecular weight excluding hydrogens is 602 g/mol. The van der Waals surface area contributed by atoms with Crippen molar-refractivity contribution < 1.29 is 33.6 Å². The van der Waals surface area contributed by atoms with Gasteiger partial charge in [-0.15, -0.1) is 0 Å². The maximum Gasteiger partial charge on any atom is 0.408 e. The topological polar surface area (TPSA) is 152 Å². The minimum absolute atomic E-state index is 0.00966. The zero-order valence-electron chi connectivity index (χ0n) is 27.0. The van der Waals surface area contributed by atoms with Gasteiger partial charge in [-0.2, -0.15) is 5.10 Å². The van der Waals surface area contributed by atoms with Gasteiger partial charge >= 0.3 is 12.1 Å². The molecule has 6 rings (SSSR count). The monoisotopic (exact) mass is 645 g/mol. The number of amides is 1. The summed E-state index contributed by atoms with van der Waals surface area (Å²) in [5.41, 5.74) is 9.57. The van der Waals surface area contributed by atoms with Gasteiger partial charge in [0.2, 0.25) is 11.7 Å². The summed E-state index contributed by atoms with van der Waals surface area (Å²) in [7, 11) is 3.18. The minimum atomic E-state index is -1.20. The van der Waals surface area contributed by atoms with Crippen molar-refractivity contribution in [2.45, 2.75) is 88.9 Å². The van der Waals surface area contributed by atoms with Crippen LogP contribution in [0.4, 0.5) is 4.79 Å². The zero-order chi connectivity index (χ0) is 32.8. The Labute approximate surface area is 274 Å². The molecule has 47 heavy (non-hydrogen) atoms. The van der Waals surface area contributed by atoms with E-state index in [1.807, 2.05) is 36.4 Å². The Hall–Kier alpha value is -4.74. The number of ether oxygens (including phenoxy) is 4. The lowest BCUT2D eigenvalue weighted by Crippen LogP contribution is -2.42. The molecule has 1 amide bonds. The number of nitrogens with zero attached hydrogens (tertiary/aromatic N) is 2. The van der Waals surface area contributed by atoms with Crippen LogP contribution in [-0.2, 0) is 22.6 Å². The summed E-state index contributed by atoms with van der Waals surface area (Å²) in [6.07, 6.45) is 8.19. The molecule has 3 atom stereocenters. The molecule has 1 saturated carbocycles. The highest BCUT2D eigenvalue weighted by atomic mass is 16.6. The molecule has 12 heteroatoms.